The number of aromatic nitrogens is 4. The van der Waals surface area contributed by atoms with Crippen molar-refractivity contribution in [1.29, 1.82) is 5.26 Å². The van der Waals surface area contributed by atoms with Gasteiger partial charge in [-0.15, -0.1) is 5.10 Å². The van der Waals surface area contributed by atoms with Gasteiger partial charge in [-0.3, -0.25) is 5.10 Å². The molecule has 23 heavy (non-hydrogen) atoms. The highest BCUT2D eigenvalue weighted by molar-refractivity contribution is 5.58. The maximum absolute atomic E-state index is 9.63. The zero-order chi connectivity index (χ0) is 16.2. The highest BCUT2D eigenvalue weighted by atomic mass is 15.3. The van der Waals surface area contributed by atoms with Gasteiger partial charge in [-0.25, -0.2) is 0 Å². The average molecular weight is 310 g/mol. The van der Waals surface area contributed by atoms with Gasteiger partial charge in [-0.05, 0) is 37.3 Å². The number of aryl methyl sites for hydroxylation is 1. The van der Waals surface area contributed by atoms with Crippen LogP contribution in [0.25, 0.3) is 0 Å². The lowest BCUT2D eigenvalue weighted by atomic mass is 9.93. The molecule has 0 aromatic carbocycles. The normalized spacial score (nSPS) is 15.6. The molecule has 2 aromatic heterocycles. The molecule has 0 radical (unpaired) electrons. The summed E-state index contributed by atoms with van der Waals surface area (Å²) in [6.07, 6.45) is 5.50. The van der Waals surface area contributed by atoms with Crippen molar-refractivity contribution in [2.24, 2.45) is 0 Å². The van der Waals surface area contributed by atoms with E-state index in [1.807, 2.05) is 6.07 Å². The number of rotatable bonds is 4. The van der Waals surface area contributed by atoms with E-state index in [1.165, 1.54) is 5.69 Å². The highest BCUT2D eigenvalue weighted by Crippen LogP contribution is 2.31. The van der Waals surface area contributed by atoms with E-state index in [1.54, 1.807) is 6.20 Å². The number of hydrogen-bond donors (Lipinski definition) is 1. The molecule has 0 saturated carbocycles. The third-order valence-electron chi connectivity index (χ3n) is 4.70. The van der Waals surface area contributed by atoms with Gasteiger partial charge < -0.3 is 4.90 Å². The summed E-state index contributed by atoms with van der Waals surface area (Å²) in [5.74, 6) is 1.26. The van der Waals surface area contributed by atoms with Crippen LogP contribution < -0.4 is 4.90 Å². The molecule has 0 spiro atoms. The smallest absolute Gasteiger partial charge is 0.169 e. The standard InChI is InChI=1S/C17H22N6/c1-3-13-14(11-18)17(22-21-15(13)4-2)23-9-6-12(7-10-23)16-5-8-19-20-16/h5,8,12H,3-4,6-7,9-10H2,1-2H3,(H,19,20). The molecular weight excluding hydrogens is 288 g/mol. The van der Waals surface area contributed by atoms with Gasteiger partial charge in [0.15, 0.2) is 5.82 Å². The first-order chi connectivity index (χ1) is 11.3. The molecule has 0 unspecified atom stereocenters. The first-order valence-corrected chi connectivity index (χ1v) is 8.31. The van der Waals surface area contributed by atoms with Gasteiger partial charge in [0, 0.05) is 30.9 Å². The van der Waals surface area contributed by atoms with E-state index in [2.05, 4.69) is 45.2 Å². The Kier molecular flexibility index (Phi) is 4.56. The molecule has 120 valence electrons. The molecule has 1 saturated heterocycles. The van der Waals surface area contributed by atoms with Crippen molar-refractivity contribution in [2.45, 2.75) is 45.4 Å². The predicted octanol–water partition coefficient (Wildman–Crippen LogP) is 2.58. The van der Waals surface area contributed by atoms with Gasteiger partial charge in [0.25, 0.3) is 0 Å². The topological polar surface area (TPSA) is 81.5 Å². The molecule has 0 amide bonds. The van der Waals surface area contributed by atoms with Crippen LogP contribution in [0.2, 0.25) is 0 Å². The van der Waals surface area contributed by atoms with Crippen molar-refractivity contribution in [2.75, 3.05) is 18.0 Å². The summed E-state index contributed by atoms with van der Waals surface area (Å²) >= 11 is 0. The van der Waals surface area contributed by atoms with Crippen LogP contribution in [-0.4, -0.2) is 33.5 Å². The number of aromatic amines is 1. The first-order valence-electron chi connectivity index (χ1n) is 8.31. The zero-order valence-electron chi connectivity index (χ0n) is 13.7. The molecule has 3 heterocycles. The molecule has 6 nitrogen and oxygen atoms in total. The maximum Gasteiger partial charge on any atom is 0.169 e. The van der Waals surface area contributed by atoms with Crippen molar-refractivity contribution < 1.29 is 0 Å². The second-order valence-electron chi connectivity index (χ2n) is 5.92. The van der Waals surface area contributed by atoms with Crippen molar-refractivity contribution in [1.82, 2.24) is 20.4 Å². The molecule has 0 atom stereocenters. The summed E-state index contributed by atoms with van der Waals surface area (Å²) in [7, 11) is 0. The largest absolute Gasteiger partial charge is 0.354 e. The second-order valence-corrected chi connectivity index (χ2v) is 5.92. The minimum Gasteiger partial charge on any atom is -0.354 e. The Morgan fingerprint density at radius 3 is 2.61 bits per heavy atom. The Bertz CT molecular complexity index is 693. The molecule has 6 heteroatoms. The highest BCUT2D eigenvalue weighted by Gasteiger charge is 2.25. The van der Waals surface area contributed by atoms with Crippen molar-refractivity contribution >= 4 is 5.82 Å². The fraction of sp³-hybridized carbons (Fsp3) is 0.529. The van der Waals surface area contributed by atoms with Crippen molar-refractivity contribution in [3.8, 4) is 6.07 Å². The third-order valence-corrected chi connectivity index (χ3v) is 4.70. The summed E-state index contributed by atoms with van der Waals surface area (Å²) in [6, 6.07) is 4.41. The number of anilines is 1. The quantitative estimate of drug-likeness (QED) is 0.938. The van der Waals surface area contributed by atoms with Gasteiger partial charge in [-0.1, -0.05) is 13.8 Å². The first kappa shape index (κ1) is 15.5. The van der Waals surface area contributed by atoms with Crippen LogP contribution in [0.5, 0.6) is 0 Å². The fourth-order valence-electron chi connectivity index (χ4n) is 3.40. The molecule has 3 rings (SSSR count). The Morgan fingerprint density at radius 2 is 2.04 bits per heavy atom. The second kappa shape index (κ2) is 6.78. The van der Waals surface area contributed by atoms with Crippen LogP contribution in [0.15, 0.2) is 12.3 Å². The summed E-state index contributed by atoms with van der Waals surface area (Å²) in [4.78, 5) is 2.21. The Balaban J connectivity index is 1.82. The molecule has 1 aliphatic rings. The molecule has 0 bridgehead atoms. The van der Waals surface area contributed by atoms with E-state index in [0.29, 0.717) is 11.5 Å². The van der Waals surface area contributed by atoms with Crippen LogP contribution >= 0.6 is 0 Å². The lowest BCUT2D eigenvalue weighted by Crippen LogP contribution is -2.34. The van der Waals surface area contributed by atoms with E-state index < -0.39 is 0 Å². The Labute approximate surface area is 136 Å². The summed E-state index contributed by atoms with van der Waals surface area (Å²) < 4.78 is 0. The van der Waals surface area contributed by atoms with Gasteiger partial charge in [0.2, 0.25) is 0 Å². The molecule has 0 aliphatic carbocycles. The van der Waals surface area contributed by atoms with E-state index in [0.717, 1.165) is 55.8 Å². The maximum atomic E-state index is 9.63. The number of nitrogens with zero attached hydrogens (tertiary/aromatic N) is 5. The summed E-state index contributed by atoms with van der Waals surface area (Å²) in [5.41, 5.74) is 3.90. The van der Waals surface area contributed by atoms with Crippen LogP contribution in [0.3, 0.4) is 0 Å². The average Bonchev–Trinajstić information content (AvgIpc) is 3.15. The summed E-state index contributed by atoms with van der Waals surface area (Å²) in [5, 5.41) is 25.5. The van der Waals surface area contributed by atoms with Crippen molar-refractivity contribution in [3.63, 3.8) is 0 Å². The number of H-pyrrole nitrogens is 1. The molecular formula is C17H22N6. The van der Waals surface area contributed by atoms with Gasteiger partial charge in [0.1, 0.15) is 11.6 Å². The SMILES string of the molecule is CCc1nnc(N2CCC(c3ccn[nH]3)CC2)c(C#N)c1CC. The summed E-state index contributed by atoms with van der Waals surface area (Å²) in [6.45, 7) is 5.91. The Hall–Kier alpha value is -2.42. The van der Waals surface area contributed by atoms with Gasteiger partial charge in [0.05, 0.1) is 5.69 Å². The number of hydrogen-bond acceptors (Lipinski definition) is 5. The van der Waals surface area contributed by atoms with Crippen LogP contribution in [0, 0.1) is 11.3 Å². The van der Waals surface area contributed by atoms with E-state index in [-0.39, 0.29) is 0 Å². The number of nitriles is 1. The monoisotopic (exact) mass is 310 g/mol. The van der Waals surface area contributed by atoms with E-state index >= 15 is 0 Å². The third kappa shape index (κ3) is 2.91. The number of piperidine rings is 1. The van der Waals surface area contributed by atoms with Crippen molar-refractivity contribution in [3.05, 3.63) is 34.8 Å². The fourth-order valence-corrected chi connectivity index (χ4v) is 3.40. The molecule has 1 aliphatic heterocycles. The van der Waals surface area contributed by atoms with Gasteiger partial charge in [-0.2, -0.15) is 15.5 Å². The minimum atomic E-state index is 0.507. The van der Waals surface area contributed by atoms with Crippen LogP contribution in [0.1, 0.15) is 55.1 Å². The van der Waals surface area contributed by atoms with Gasteiger partial charge >= 0.3 is 0 Å². The lowest BCUT2D eigenvalue weighted by Gasteiger charge is -2.32. The van der Waals surface area contributed by atoms with E-state index in [9.17, 15) is 5.26 Å². The Morgan fingerprint density at radius 1 is 1.26 bits per heavy atom. The lowest BCUT2D eigenvalue weighted by molar-refractivity contribution is 0.491. The van der Waals surface area contributed by atoms with Crippen LogP contribution in [0.4, 0.5) is 5.82 Å². The molecule has 1 fully saturated rings. The molecule has 2 aromatic rings. The number of nitrogens with one attached hydrogen (secondary N) is 1. The minimum absolute atomic E-state index is 0.507. The van der Waals surface area contributed by atoms with Crippen LogP contribution in [-0.2, 0) is 12.8 Å². The van der Waals surface area contributed by atoms with E-state index in [4.69, 9.17) is 0 Å². The zero-order valence-corrected chi connectivity index (χ0v) is 13.7. The predicted molar refractivity (Wildman–Crippen MR) is 88.3 cm³/mol. The molecule has 1 N–H and O–H groups in total.